The van der Waals surface area contributed by atoms with Crippen LogP contribution in [-0.4, -0.2) is 30.3 Å². The summed E-state index contributed by atoms with van der Waals surface area (Å²) in [5.74, 6) is -1.05. The highest BCUT2D eigenvalue weighted by Crippen LogP contribution is 2.10. The zero-order valence-corrected chi connectivity index (χ0v) is 12.5. The molecule has 0 spiro atoms. The van der Waals surface area contributed by atoms with E-state index in [-0.39, 0.29) is 18.2 Å². The maximum atomic E-state index is 12.0. The van der Waals surface area contributed by atoms with Crippen LogP contribution in [0.15, 0.2) is 24.3 Å². The van der Waals surface area contributed by atoms with Crippen molar-refractivity contribution in [2.24, 2.45) is 0 Å². The monoisotopic (exact) mass is 302 g/mol. The molecule has 0 aliphatic heterocycles. The average molecular weight is 302 g/mol. The molecule has 0 heterocycles. The van der Waals surface area contributed by atoms with Crippen molar-refractivity contribution in [1.82, 2.24) is 10.6 Å². The molecule has 7 nitrogen and oxygen atoms in total. The van der Waals surface area contributed by atoms with Gasteiger partial charge in [0.15, 0.2) is 0 Å². The lowest BCUT2D eigenvalue weighted by molar-refractivity contribution is -0.122. The van der Waals surface area contributed by atoms with Crippen LogP contribution in [-0.2, 0) is 9.59 Å². The lowest BCUT2D eigenvalue weighted by atomic mass is 10.1. The van der Waals surface area contributed by atoms with Crippen molar-refractivity contribution in [2.45, 2.75) is 26.3 Å². The summed E-state index contributed by atoms with van der Waals surface area (Å²) in [6, 6.07) is 7.28. The van der Waals surface area contributed by atoms with E-state index in [1.54, 1.807) is 32.0 Å². The fourth-order valence-electron chi connectivity index (χ4n) is 1.65. The van der Waals surface area contributed by atoms with Gasteiger partial charge in [-0.3, -0.25) is 14.4 Å². The van der Waals surface area contributed by atoms with Gasteiger partial charge in [-0.05, 0) is 38.1 Å². The lowest BCUT2D eigenvalue weighted by Crippen LogP contribution is -2.44. The first-order valence-corrected chi connectivity index (χ1v) is 6.83. The molecule has 1 aromatic rings. The van der Waals surface area contributed by atoms with E-state index < -0.39 is 11.9 Å². The van der Waals surface area contributed by atoms with Crippen LogP contribution in [0.1, 0.15) is 30.6 Å². The fourth-order valence-corrected chi connectivity index (χ4v) is 1.65. The van der Waals surface area contributed by atoms with Crippen molar-refractivity contribution in [3.63, 3.8) is 0 Å². The Morgan fingerprint density at radius 1 is 1.23 bits per heavy atom. The molecule has 3 amide bonds. The van der Waals surface area contributed by atoms with Crippen LogP contribution in [0.5, 0.6) is 0 Å². The molecular formula is C15H18N4O3. The van der Waals surface area contributed by atoms with E-state index in [1.807, 2.05) is 0 Å². The molecule has 0 saturated carbocycles. The number of likely N-dealkylation sites (N-methyl/N-ethyl adjacent to an activating group) is 1. The van der Waals surface area contributed by atoms with Gasteiger partial charge in [0.05, 0.1) is 6.07 Å². The Bertz CT molecular complexity index is 590. The number of carbonyl (C=O) groups excluding carboxylic acids is 3. The summed E-state index contributed by atoms with van der Waals surface area (Å²) in [4.78, 5) is 34.8. The minimum absolute atomic E-state index is 0.230. The highest BCUT2D eigenvalue weighted by molar-refractivity contribution is 5.98. The Kier molecular flexibility index (Phi) is 6.57. The van der Waals surface area contributed by atoms with E-state index in [4.69, 9.17) is 5.26 Å². The Morgan fingerprint density at radius 2 is 1.86 bits per heavy atom. The molecule has 0 aliphatic rings. The predicted molar refractivity (Wildman–Crippen MR) is 80.9 cm³/mol. The largest absolute Gasteiger partial charge is 0.355 e. The summed E-state index contributed by atoms with van der Waals surface area (Å²) in [6.07, 6.45) is -0.230. The van der Waals surface area contributed by atoms with E-state index in [9.17, 15) is 14.4 Å². The van der Waals surface area contributed by atoms with Crippen molar-refractivity contribution in [1.29, 1.82) is 5.26 Å². The van der Waals surface area contributed by atoms with Crippen LogP contribution in [0.2, 0.25) is 0 Å². The Morgan fingerprint density at radius 3 is 2.41 bits per heavy atom. The first-order chi connectivity index (χ1) is 10.5. The molecule has 0 radical (unpaired) electrons. The van der Waals surface area contributed by atoms with E-state index in [0.29, 0.717) is 17.8 Å². The summed E-state index contributed by atoms with van der Waals surface area (Å²) >= 11 is 0. The standard InChI is InChI=1S/C15H18N4O3/c1-3-17-14(21)10(2)18-15(22)11-4-6-12(7-5-11)19-13(20)8-9-16/h4-7,10H,3,8H2,1-2H3,(H,17,21)(H,18,22)(H,19,20)/t10-/m0/s1. The van der Waals surface area contributed by atoms with Gasteiger partial charge in [-0.25, -0.2) is 0 Å². The van der Waals surface area contributed by atoms with Crippen molar-refractivity contribution in [3.8, 4) is 6.07 Å². The summed E-state index contributed by atoms with van der Waals surface area (Å²) in [6.45, 7) is 3.89. The third-order valence-corrected chi connectivity index (χ3v) is 2.76. The predicted octanol–water partition coefficient (Wildman–Crippen LogP) is 0.793. The Labute approximate surface area is 128 Å². The smallest absolute Gasteiger partial charge is 0.251 e. The number of hydrogen-bond donors (Lipinski definition) is 3. The first-order valence-electron chi connectivity index (χ1n) is 6.83. The fraction of sp³-hybridized carbons (Fsp3) is 0.333. The molecule has 0 aliphatic carbocycles. The quantitative estimate of drug-likeness (QED) is 0.721. The third kappa shape index (κ3) is 5.25. The zero-order valence-electron chi connectivity index (χ0n) is 12.5. The molecule has 116 valence electrons. The maximum absolute atomic E-state index is 12.0. The van der Waals surface area contributed by atoms with Gasteiger partial charge < -0.3 is 16.0 Å². The molecule has 0 bridgehead atoms. The molecule has 3 N–H and O–H groups in total. The molecule has 0 aromatic heterocycles. The molecular weight excluding hydrogens is 284 g/mol. The van der Waals surface area contributed by atoms with Gasteiger partial charge in [0.25, 0.3) is 5.91 Å². The van der Waals surface area contributed by atoms with Crippen molar-refractivity contribution < 1.29 is 14.4 Å². The van der Waals surface area contributed by atoms with Crippen LogP contribution in [0.25, 0.3) is 0 Å². The van der Waals surface area contributed by atoms with Crippen LogP contribution in [0.3, 0.4) is 0 Å². The minimum Gasteiger partial charge on any atom is -0.355 e. The number of carbonyl (C=O) groups is 3. The summed E-state index contributed by atoms with van der Waals surface area (Å²) < 4.78 is 0. The van der Waals surface area contributed by atoms with Gasteiger partial charge in [-0.15, -0.1) is 0 Å². The zero-order chi connectivity index (χ0) is 16.5. The molecule has 1 rings (SSSR count). The second kappa shape index (κ2) is 8.42. The number of anilines is 1. The van der Waals surface area contributed by atoms with Crippen molar-refractivity contribution >= 4 is 23.4 Å². The van der Waals surface area contributed by atoms with Crippen molar-refractivity contribution in [3.05, 3.63) is 29.8 Å². The SMILES string of the molecule is CCNC(=O)[C@H](C)NC(=O)c1ccc(NC(=O)CC#N)cc1. The second-order valence-electron chi connectivity index (χ2n) is 4.55. The van der Waals surface area contributed by atoms with Crippen LogP contribution in [0, 0.1) is 11.3 Å². The average Bonchev–Trinajstić information content (AvgIpc) is 2.48. The van der Waals surface area contributed by atoms with E-state index >= 15 is 0 Å². The van der Waals surface area contributed by atoms with Gasteiger partial charge in [0.2, 0.25) is 11.8 Å². The number of rotatable bonds is 6. The highest BCUT2D eigenvalue weighted by Gasteiger charge is 2.15. The van der Waals surface area contributed by atoms with E-state index in [1.165, 1.54) is 12.1 Å². The third-order valence-electron chi connectivity index (χ3n) is 2.76. The molecule has 22 heavy (non-hydrogen) atoms. The topological polar surface area (TPSA) is 111 Å². The first kappa shape index (κ1) is 17.2. The van der Waals surface area contributed by atoms with Crippen LogP contribution >= 0.6 is 0 Å². The summed E-state index contributed by atoms with van der Waals surface area (Å²) in [5.41, 5.74) is 0.864. The number of nitrogens with one attached hydrogen (secondary N) is 3. The van der Waals surface area contributed by atoms with Gasteiger partial charge in [-0.1, -0.05) is 0 Å². The number of nitriles is 1. The van der Waals surface area contributed by atoms with Crippen LogP contribution in [0.4, 0.5) is 5.69 Å². The van der Waals surface area contributed by atoms with Crippen molar-refractivity contribution in [2.75, 3.05) is 11.9 Å². The van der Waals surface area contributed by atoms with Gasteiger partial charge in [-0.2, -0.15) is 5.26 Å². The maximum Gasteiger partial charge on any atom is 0.251 e. The van der Waals surface area contributed by atoms with E-state index in [0.717, 1.165) is 0 Å². The Hall–Kier alpha value is -2.88. The molecule has 0 fully saturated rings. The number of nitrogens with zero attached hydrogens (tertiary/aromatic N) is 1. The molecule has 0 unspecified atom stereocenters. The molecule has 1 aromatic carbocycles. The number of amides is 3. The summed E-state index contributed by atoms with van der Waals surface area (Å²) in [5, 5.41) is 16.1. The molecule has 0 saturated heterocycles. The lowest BCUT2D eigenvalue weighted by Gasteiger charge is -2.13. The molecule has 7 heteroatoms. The number of benzene rings is 1. The normalized spacial score (nSPS) is 11.0. The van der Waals surface area contributed by atoms with Crippen LogP contribution < -0.4 is 16.0 Å². The number of hydrogen-bond acceptors (Lipinski definition) is 4. The van der Waals surface area contributed by atoms with Gasteiger partial charge in [0, 0.05) is 17.8 Å². The molecule has 1 atom stereocenters. The Balaban J connectivity index is 2.62. The van der Waals surface area contributed by atoms with E-state index in [2.05, 4.69) is 16.0 Å². The minimum atomic E-state index is -0.637. The second-order valence-corrected chi connectivity index (χ2v) is 4.55. The summed E-state index contributed by atoms with van der Waals surface area (Å²) in [7, 11) is 0. The highest BCUT2D eigenvalue weighted by atomic mass is 16.2. The van der Waals surface area contributed by atoms with Gasteiger partial charge >= 0.3 is 0 Å². The van der Waals surface area contributed by atoms with Gasteiger partial charge in [0.1, 0.15) is 12.5 Å².